The maximum Gasteiger partial charge on any atom is 0.163 e. The van der Waals surface area contributed by atoms with Crippen molar-refractivity contribution in [1.29, 1.82) is 0 Å². The Balaban J connectivity index is 1.45. The normalized spacial score (nSPS) is 15.1. The van der Waals surface area contributed by atoms with Crippen LogP contribution in [0.1, 0.15) is 17.5 Å². The Morgan fingerprint density at radius 3 is 2.69 bits per heavy atom. The molecule has 1 fully saturated rings. The lowest BCUT2D eigenvalue weighted by atomic mass is 9.99. The van der Waals surface area contributed by atoms with Gasteiger partial charge < -0.3 is 14.7 Å². The highest BCUT2D eigenvalue weighted by atomic mass is 19.1. The molecule has 0 amide bonds. The quantitative estimate of drug-likeness (QED) is 0.424. The largest absolute Gasteiger partial charge is 0.380 e. The van der Waals surface area contributed by atoms with Gasteiger partial charge in [-0.2, -0.15) is 0 Å². The summed E-state index contributed by atoms with van der Waals surface area (Å²) in [5.74, 6) is -1.60. The van der Waals surface area contributed by atoms with E-state index in [1.54, 1.807) is 6.07 Å². The zero-order valence-corrected chi connectivity index (χ0v) is 18.3. The molecule has 1 saturated heterocycles. The molecule has 3 aromatic heterocycles. The lowest BCUT2D eigenvalue weighted by Crippen LogP contribution is -2.36. The van der Waals surface area contributed by atoms with E-state index in [9.17, 15) is 9.50 Å². The van der Waals surface area contributed by atoms with Gasteiger partial charge in [-0.05, 0) is 24.3 Å². The van der Waals surface area contributed by atoms with Crippen molar-refractivity contribution in [2.75, 3.05) is 31.2 Å². The molecule has 9 nitrogen and oxygen atoms in total. The average Bonchev–Trinajstić information content (AvgIpc) is 3.38. The average molecular weight is 475 g/mol. The van der Waals surface area contributed by atoms with Gasteiger partial charge in [-0.15, -0.1) is 10.2 Å². The number of hydrogen-bond donors (Lipinski definition) is 1. The van der Waals surface area contributed by atoms with Crippen LogP contribution in [0.5, 0.6) is 0 Å². The van der Waals surface area contributed by atoms with Gasteiger partial charge >= 0.3 is 0 Å². The Bertz CT molecular complexity index is 1550. The topological polar surface area (TPSA) is 102 Å². The lowest BCUT2D eigenvalue weighted by Gasteiger charge is -2.29. The SMILES string of the molecule is OC(c1cc(-c2ncnc3cc(N4CCOCC4)ccc23)c(F)cc1F)c1nccc2nncn12. The van der Waals surface area contributed by atoms with Gasteiger partial charge in [-0.1, -0.05) is 0 Å². The molecule has 1 aliphatic rings. The number of halogens is 2. The molecular weight excluding hydrogens is 456 g/mol. The van der Waals surface area contributed by atoms with Crippen molar-refractivity contribution in [1.82, 2.24) is 29.5 Å². The fraction of sp³-hybridized carbons (Fsp3) is 0.208. The van der Waals surface area contributed by atoms with E-state index >= 15 is 4.39 Å². The lowest BCUT2D eigenvalue weighted by molar-refractivity contribution is 0.122. The van der Waals surface area contributed by atoms with E-state index in [1.165, 1.54) is 29.3 Å². The molecule has 11 heteroatoms. The van der Waals surface area contributed by atoms with Crippen molar-refractivity contribution in [2.45, 2.75) is 6.10 Å². The second-order valence-electron chi connectivity index (χ2n) is 8.14. The van der Waals surface area contributed by atoms with E-state index in [-0.39, 0.29) is 17.0 Å². The number of benzene rings is 2. The Kier molecular flexibility index (Phi) is 5.27. The smallest absolute Gasteiger partial charge is 0.163 e. The van der Waals surface area contributed by atoms with Crippen molar-refractivity contribution >= 4 is 22.2 Å². The maximum absolute atomic E-state index is 15.0. The maximum atomic E-state index is 15.0. The van der Waals surface area contributed by atoms with Crippen molar-refractivity contribution in [3.63, 3.8) is 0 Å². The molecule has 1 atom stereocenters. The van der Waals surface area contributed by atoms with E-state index < -0.39 is 17.7 Å². The number of ether oxygens (including phenoxy) is 1. The van der Waals surface area contributed by atoms with Crippen LogP contribution in [-0.2, 0) is 4.74 Å². The second-order valence-corrected chi connectivity index (χ2v) is 8.14. The van der Waals surface area contributed by atoms with Crippen LogP contribution in [0, 0.1) is 11.6 Å². The Morgan fingerprint density at radius 2 is 1.83 bits per heavy atom. The molecule has 0 bridgehead atoms. The van der Waals surface area contributed by atoms with Gasteiger partial charge in [0.2, 0.25) is 0 Å². The number of morpholine rings is 1. The van der Waals surface area contributed by atoms with E-state index in [0.717, 1.165) is 24.8 Å². The summed E-state index contributed by atoms with van der Waals surface area (Å²) in [4.78, 5) is 15.0. The van der Waals surface area contributed by atoms with Gasteiger partial charge in [0.1, 0.15) is 36.2 Å². The molecule has 6 rings (SSSR count). The number of aromatic nitrogens is 6. The van der Waals surface area contributed by atoms with Crippen LogP contribution in [0.4, 0.5) is 14.5 Å². The summed E-state index contributed by atoms with van der Waals surface area (Å²) in [5, 5.41) is 19.3. The third kappa shape index (κ3) is 3.74. The number of aliphatic hydroxyl groups excluding tert-OH is 1. The first-order valence-corrected chi connectivity index (χ1v) is 11.0. The highest BCUT2D eigenvalue weighted by Gasteiger charge is 2.24. The van der Waals surface area contributed by atoms with Gasteiger partial charge in [0, 0.05) is 53.6 Å². The summed E-state index contributed by atoms with van der Waals surface area (Å²) < 4.78 is 36.8. The van der Waals surface area contributed by atoms with Crippen LogP contribution in [0.2, 0.25) is 0 Å². The Labute approximate surface area is 197 Å². The highest BCUT2D eigenvalue weighted by molar-refractivity contribution is 5.94. The van der Waals surface area contributed by atoms with Crippen LogP contribution >= 0.6 is 0 Å². The molecule has 1 N–H and O–H groups in total. The van der Waals surface area contributed by atoms with Gasteiger partial charge in [-0.25, -0.2) is 23.7 Å². The first-order valence-electron chi connectivity index (χ1n) is 11.0. The summed E-state index contributed by atoms with van der Waals surface area (Å²) >= 11 is 0. The van der Waals surface area contributed by atoms with E-state index in [2.05, 4.69) is 30.0 Å². The fourth-order valence-corrected chi connectivity index (χ4v) is 4.35. The minimum atomic E-state index is -1.49. The van der Waals surface area contributed by atoms with E-state index in [1.807, 2.05) is 18.2 Å². The molecule has 0 saturated carbocycles. The summed E-state index contributed by atoms with van der Waals surface area (Å²) in [7, 11) is 0. The number of nitrogens with zero attached hydrogens (tertiary/aromatic N) is 7. The molecule has 35 heavy (non-hydrogen) atoms. The molecule has 0 aliphatic carbocycles. The first kappa shape index (κ1) is 21.4. The minimum Gasteiger partial charge on any atom is -0.380 e. The second kappa shape index (κ2) is 8.60. The van der Waals surface area contributed by atoms with Gasteiger partial charge in [0.05, 0.1) is 24.4 Å². The molecule has 2 aromatic carbocycles. The summed E-state index contributed by atoms with van der Waals surface area (Å²) in [5.41, 5.74) is 2.24. The summed E-state index contributed by atoms with van der Waals surface area (Å²) in [6, 6.07) is 9.28. The fourth-order valence-electron chi connectivity index (χ4n) is 4.35. The third-order valence-electron chi connectivity index (χ3n) is 6.13. The zero-order chi connectivity index (χ0) is 23.9. The Hall–Kier alpha value is -4.09. The molecule has 0 spiro atoms. The van der Waals surface area contributed by atoms with Crippen LogP contribution < -0.4 is 4.90 Å². The number of rotatable bonds is 4. The van der Waals surface area contributed by atoms with Crippen LogP contribution in [0.3, 0.4) is 0 Å². The van der Waals surface area contributed by atoms with Crippen LogP contribution in [0.25, 0.3) is 27.8 Å². The van der Waals surface area contributed by atoms with Crippen molar-refractivity contribution in [3.8, 4) is 11.3 Å². The van der Waals surface area contributed by atoms with Crippen LogP contribution in [-0.4, -0.2) is 61.0 Å². The monoisotopic (exact) mass is 475 g/mol. The van der Waals surface area contributed by atoms with Crippen molar-refractivity contribution in [2.24, 2.45) is 0 Å². The molecule has 176 valence electrons. The van der Waals surface area contributed by atoms with Gasteiger partial charge in [0.15, 0.2) is 5.65 Å². The van der Waals surface area contributed by atoms with Crippen LogP contribution in [0.15, 0.2) is 55.2 Å². The zero-order valence-electron chi connectivity index (χ0n) is 18.3. The van der Waals surface area contributed by atoms with Crippen molar-refractivity contribution in [3.05, 3.63) is 78.3 Å². The Morgan fingerprint density at radius 1 is 0.971 bits per heavy atom. The molecule has 5 aromatic rings. The molecule has 1 aliphatic heterocycles. The number of aliphatic hydroxyl groups is 1. The summed E-state index contributed by atoms with van der Waals surface area (Å²) in [6.07, 6.45) is 2.66. The van der Waals surface area contributed by atoms with Gasteiger partial charge in [0.25, 0.3) is 0 Å². The standard InChI is InChI=1S/C24H19F2N7O2/c25-18-11-19(26)17(23(34)24-27-4-3-21-31-30-13-33(21)24)10-16(18)22-15-2-1-14(9-20(15)28-12-29-22)32-5-7-35-8-6-32/h1-4,9-13,23,34H,5-8H2. The number of fused-ring (bicyclic) bond motifs is 2. The highest BCUT2D eigenvalue weighted by Crippen LogP contribution is 2.34. The number of anilines is 1. The molecule has 0 radical (unpaired) electrons. The number of hydrogen-bond acceptors (Lipinski definition) is 8. The molecular formula is C24H19F2N7O2. The minimum absolute atomic E-state index is 0.0444. The van der Waals surface area contributed by atoms with Gasteiger partial charge in [-0.3, -0.25) is 4.40 Å². The van der Waals surface area contributed by atoms with Crippen molar-refractivity contribution < 1.29 is 18.6 Å². The van der Waals surface area contributed by atoms with E-state index in [0.29, 0.717) is 35.5 Å². The molecule has 4 heterocycles. The molecule has 1 unspecified atom stereocenters. The third-order valence-corrected chi connectivity index (χ3v) is 6.13. The predicted octanol–water partition coefficient (Wildman–Crippen LogP) is 2.93. The summed E-state index contributed by atoms with van der Waals surface area (Å²) in [6.45, 7) is 2.84. The predicted molar refractivity (Wildman–Crippen MR) is 123 cm³/mol. The van der Waals surface area contributed by atoms with E-state index in [4.69, 9.17) is 4.74 Å². The first-order chi connectivity index (χ1) is 17.1.